The Bertz CT molecular complexity index is 590. The van der Waals surface area contributed by atoms with Crippen LogP contribution in [-0.4, -0.2) is 13.2 Å². The van der Waals surface area contributed by atoms with Crippen molar-refractivity contribution in [2.45, 2.75) is 25.4 Å². The van der Waals surface area contributed by atoms with Crippen LogP contribution in [0.5, 0.6) is 5.75 Å². The number of rotatable bonds is 5. The maximum absolute atomic E-state index is 14.2. The third-order valence-electron chi connectivity index (χ3n) is 3.61. The fourth-order valence-electron chi connectivity index (χ4n) is 2.22. The van der Waals surface area contributed by atoms with E-state index in [1.165, 1.54) is 12.8 Å². The zero-order chi connectivity index (χ0) is 13.9. The number of hydrogen-bond donors (Lipinski definition) is 1. The third-order valence-corrected chi connectivity index (χ3v) is 3.61. The van der Waals surface area contributed by atoms with Crippen LogP contribution >= 0.6 is 0 Å². The summed E-state index contributed by atoms with van der Waals surface area (Å²) >= 11 is 0. The number of ether oxygens (including phenoxy) is 1. The van der Waals surface area contributed by atoms with Gasteiger partial charge >= 0.3 is 0 Å². The molecule has 0 bridgehead atoms. The normalized spacial score (nSPS) is 14.3. The molecule has 1 aliphatic rings. The van der Waals surface area contributed by atoms with Crippen LogP contribution in [0.25, 0.3) is 11.1 Å². The first-order valence-corrected chi connectivity index (χ1v) is 6.92. The van der Waals surface area contributed by atoms with Crippen LogP contribution in [0.3, 0.4) is 0 Å². The van der Waals surface area contributed by atoms with E-state index in [0.29, 0.717) is 11.6 Å². The molecular weight excluding hydrogens is 253 g/mol. The van der Waals surface area contributed by atoms with E-state index in [9.17, 15) is 4.39 Å². The standard InChI is InChI=1S/C17H18FNO/c1-20-15-7-3-13(4-8-15)16-9-2-12(10-17(16)18)11-19-14-5-6-14/h2-4,7-10,14,19H,5-6,11H2,1H3. The zero-order valence-electron chi connectivity index (χ0n) is 11.5. The molecular formula is C17H18FNO. The van der Waals surface area contributed by atoms with Crippen LogP contribution in [0.1, 0.15) is 18.4 Å². The fourth-order valence-corrected chi connectivity index (χ4v) is 2.22. The number of hydrogen-bond acceptors (Lipinski definition) is 2. The smallest absolute Gasteiger partial charge is 0.131 e. The van der Waals surface area contributed by atoms with Crippen molar-refractivity contribution < 1.29 is 9.13 Å². The van der Waals surface area contributed by atoms with Crippen LogP contribution in [0, 0.1) is 5.82 Å². The van der Waals surface area contributed by atoms with Gasteiger partial charge in [-0.25, -0.2) is 4.39 Å². The van der Waals surface area contributed by atoms with E-state index in [0.717, 1.165) is 23.4 Å². The van der Waals surface area contributed by atoms with E-state index in [4.69, 9.17) is 4.74 Å². The summed E-state index contributed by atoms with van der Waals surface area (Å²) in [6.45, 7) is 0.741. The second-order valence-corrected chi connectivity index (χ2v) is 5.20. The van der Waals surface area contributed by atoms with Crippen molar-refractivity contribution in [2.75, 3.05) is 7.11 Å². The van der Waals surface area contributed by atoms with Gasteiger partial charge in [0.1, 0.15) is 11.6 Å². The van der Waals surface area contributed by atoms with E-state index in [1.807, 2.05) is 36.4 Å². The highest BCUT2D eigenvalue weighted by atomic mass is 19.1. The van der Waals surface area contributed by atoms with Crippen molar-refractivity contribution >= 4 is 0 Å². The third kappa shape index (κ3) is 2.99. The highest BCUT2D eigenvalue weighted by Crippen LogP contribution is 2.26. The van der Waals surface area contributed by atoms with E-state index in [2.05, 4.69) is 5.32 Å². The minimum absolute atomic E-state index is 0.176. The molecule has 0 aromatic heterocycles. The van der Waals surface area contributed by atoms with Gasteiger partial charge in [-0.15, -0.1) is 0 Å². The lowest BCUT2D eigenvalue weighted by atomic mass is 10.0. The SMILES string of the molecule is COc1ccc(-c2ccc(CNC3CC3)cc2F)cc1. The molecule has 0 radical (unpaired) electrons. The molecule has 0 atom stereocenters. The lowest BCUT2D eigenvalue weighted by Crippen LogP contribution is -2.15. The van der Waals surface area contributed by atoms with Crippen LogP contribution in [0.15, 0.2) is 42.5 Å². The van der Waals surface area contributed by atoms with Gasteiger partial charge in [-0.05, 0) is 42.2 Å². The Morgan fingerprint density at radius 3 is 2.50 bits per heavy atom. The summed E-state index contributed by atoms with van der Waals surface area (Å²) < 4.78 is 19.3. The van der Waals surface area contributed by atoms with Gasteiger partial charge in [-0.3, -0.25) is 0 Å². The Hall–Kier alpha value is -1.87. The Balaban J connectivity index is 1.77. The molecule has 20 heavy (non-hydrogen) atoms. The molecule has 2 aromatic rings. The molecule has 2 nitrogen and oxygen atoms in total. The molecule has 0 saturated heterocycles. The molecule has 104 valence electrons. The van der Waals surface area contributed by atoms with Crippen molar-refractivity contribution in [1.82, 2.24) is 5.32 Å². The molecule has 1 aliphatic carbocycles. The van der Waals surface area contributed by atoms with Crippen molar-refractivity contribution in [3.8, 4) is 16.9 Å². The molecule has 0 unspecified atom stereocenters. The van der Waals surface area contributed by atoms with Gasteiger partial charge < -0.3 is 10.1 Å². The Morgan fingerprint density at radius 2 is 1.90 bits per heavy atom. The highest BCUT2D eigenvalue weighted by molar-refractivity contribution is 5.65. The molecule has 3 heteroatoms. The van der Waals surface area contributed by atoms with Crippen LogP contribution < -0.4 is 10.1 Å². The monoisotopic (exact) mass is 271 g/mol. The molecule has 0 heterocycles. The average molecular weight is 271 g/mol. The molecule has 1 N–H and O–H groups in total. The van der Waals surface area contributed by atoms with Gasteiger partial charge in [-0.1, -0.05) is 24.3 Å². The molecule has 1 fully saturated rings. The van der Waals surface area contributed by atoms with Crippen LogP contribution in [-0.2, 0) is 6.54 Å². The second-order valence-electron chi connectivity index (χ2n) is 5.20. The van der Waals surface area contributed by atoms with E-state index >= 15 is 0 Å². The highest BCUT2D eigenvalue weighted by Gasteiger charge is 2.20. The van der Waals surface area contributed by atoms with Gasteiger partial charge in [0.2, 0.25) is 0 Å². The van der Waals surface area contributed by atoms with Crippen molar-refractivity contribution in [3.05, 3.63) is 53.8 Å². The van der Waals surface area contributed by atoms with Gasteiger partial charge in [0, 0.05) is 18.2 Å². The topological polar surface area (TPSA) is 21.3 Å². The predicted octanol–water partition coefficient (Wildman–Crippen LogP) is 3.75. The Morgan fingerprint density at radius 1 is 1.15 bits per heavy atom. The van der Waals surface area contributed by atoms with Gasteiger partial charge in [-0.2, -0.15) is 0 Å². The molecule has 1 saturated carbocycles. The lowest BCUT2D eigenvalue weighted by molar-refractivity contribution is 0.415. The summed E-state index contributed by atoms with van der Waals surface area (Å²) in [6.07, 6.45) is 2.48. The average Bonchev–Trinajstić information content (AvgIpc) is 3.30. The first-order valence-electron chi connectivity index (χ1n) is 6.92. The zero-order valence-corrected chi connectivity index (χ0v) is 11.5. The van der Waals surface area contributed by atoms with E-state index < -0.39 is 0 Å². The van der Waals surface area contributed by atoms with Crippen molar-refractivity contribution in [1.29, 1.82) is 0 Å². The summed E-state index contributed by atoms with van der Waals surface area (Å²) in [4.78, 5) is 0. The minimum atomic E-state index is -0.176. The minimum Gasteiger partial charge on any atom is -0.497 e. The first-order chi connectivity index (χ1) is 9.76. The fraction of sp³-hybridized carbons (Fsp3) is 0.294. The molecule has 0 amide bonds. The lowest BCUT2D eigenvalue weighted by Gasteiger charge is -2.08. The van der Waals surface area contributed by atoms with E-state index in [1.54, 1.807) is 13.2 Å². The summed E-state index contributed by atoms with van der Waals surface area (Å²) in [5.41, 5.74) is 2.49. The first kappa shape index (κ1) is 13.1. The van der Waals surface area contributed by atoms with Crippen molar-refractivity contribution in [2.24, 2.45) is 0 Å². The number of methoxy groups -OCH3 is 1. The second kappa shape index (κ2) is 5.63. The van der Waals surface area contributed by atoms with E-state index in [-0.39, 0.29) is 5.82 Å². The number of halogens is 1. The maximum Gasteiger partial charge on any atom is 0.131 e. The van der Waals surface area contributed by atoms with Crippen molar-refractivity contribution in [3.63, 3.8) is 0 Å². The molecule has 0 spiro atoms. The Labute approximate surface area is 118 Å². The molecule has 0 aliphatic heterocycles. The molecule has 3 rings (SSSR count). The summed E-state index contributed by atoms with van der Waals surface area (Å²) in [5.74, 6) is 0.602. The van der Waals surface area contributed by atoms with Gasteiger partial charge in [0.05, 0.1) is 7.11 Å². The predicted molar refractivity (Wildman–Crippen MR) is 78.2 cm³/mol. The summed E-state index contributed by atoms with van der Waals surface area (Å²) in [6, 6.07) is 13.5. The Kier molecular flexibility index (Phi) is 3.70. The van der Waals surface area contributed by atoms with Gasteiger partial charge in [0.25, 0.3) is 0 Å². The summed E-state index contributed by atoms with van der Waals surface area (Å²) in [7, 11) is 1.62. The maximum atomic E-state index is 14.2. The number of benzene rings is 2. The van der Waals surface area contributed by atoms with Crippen LogP contribution in [0.4, 0.5) is 4.39 Å². The summed E-state index contributed by atoms with van der Waals surface area (Å²) in [5, 5.41) is 3.39. The van der Waals surface area contributed by atoms with Crippen LogP contribution in [0.2, 0.25) is 0 Å². The molecule has 2 aromatic carbocycles. The van der Waals surface area contributed by atoms with Gasteiger partial charge in [0.15, 0.2) is 0 Å². The number of nitrogens with one attached hydrogen (secondary N) is 1. The quantitative estimate of drug-likeness (QED) is 0.894. The largest absolute Gasteiger partial charge is 0.497 e.